The molecule has 3 nitrogen and oxygen atoms in total. The second-order valence-electron chi connectivity index (χ2n) is 5.72. The predicted molar refractivity (Wildman–Crippen MR) is 97.2 cm³/mol. The molecule has 0 atom stereocenters. The van der Waals surface area contributed by atoms with Crippen molar-refractivity contribution in [2.24, 2.45) is 0 Å². The smallest absolute Gasteiger partial charge is 0.259 e. The van der Waals surface area contributed by atoms with E-state index < -0.39 is 0 Å². The fraction of sp³-hybridized carbons (Fsp3) is 0.143. The summed E-state index contributed by atoms with van der Waals surface area (Å²) in [5, 5.41) is 0. The Labute approximate surface area is 142 Å². The van der Waals surface area contributed by atoms with Gasteiger partial charge in [-0.1, -0.05) is 48.5 Å². The van der Waals surface area contributed by atoms with E-state index in [9.17, 15) is 4.79 Å². The summed E-state index contributed by atoms with van der Waals surface area (Å²) in [6, 6.07) is 23.7. The van der Waals surface area contributed by atoms with Gasteiger partial charge in [-0.15, -0.1) is 0 Å². The maximum Gasteiger partial charge on any atom is 0.259 e. The van der Waals surface area contributed by atoms with Gasteiger partial charge >= 0.3 is 0 Å². The molecule has 0 unspecified atom stereocenters. The number of carbonyl (C=O) groups is 1. The van der Waals surface area contributed by atoms with Crippen molar-refractivity contribution in [2.75, 3.05) is 11.4 Å². The van der Waals surface area contributed by atoms with E-state index in [0.717, 1.165) is 17.8 Å². The molecule has 0 fully saturated rings. The molecule has 120 valence electrons. The van der Waals surface area contributed by atoms with Crippen molar-refractivity contribution >= 4 is 11.6 Å². The molecule has 0 radical (unpaired) electrons. The van der Waals surface area contributed by atoms with Gasteiger partial charge in [0.25, 0.3) is 5.91 Å². The summed E-state index contributed by atoms with van der Waals surface area (Å²) >= 11 is 0. The Balaban J connectivity index is 1.84. The second-order valence-corrected chi connectivity index (χ2v) is 5.72. The van der Waals surface area contributed by atoms with Gasteiger partial charge in [0.1, 0.15) is 0 Å². The van der Waals surface area contributed by atoms with Crippen LogP contribution in [0.5, 0.6) is 0 Å². The molecule has 1 heterocycles. The molecule has 0 N–H and O–H groups in total. The molecule has 1 amide bonds. The molecule has 0 aliphatic rings. The number of hydrogen-bond donors (Lipinski definition) is 0. The summed E-state index contributed by atoms with van der Waals surface area (Å²) in [5.74, 6) is -0.0235. The molecule has 3 aromatic rings. The summed E-state index contributed by atoms with van der Waals surface area (Å²) in [6.07, 6.45) is 2.46. The normalized spacial score (nSPS) is 10.4. The van der Waals surface area contributed by atoms with Crippen molar-refractivity contribution in [1.82, 2.24) is 4.98 Å². The van der Waals surface area contributed by atoms with Gasteiger partial charge in [0, 0.05) is 24.1 Å². The first-order valence-corrected chi connectivity index (χ1v) is 8.07. The van der Waals surface area contributed by atoms with Crippen LogP contribution in [0.4, 0.5) is 5.69 Å². The lowest BCUT2D eigenvalue weighted by molar-refractivity contribution is 0.0987. The highest BCUT2D eigenvalue weighted by atomic mass is 16.2. The number of benzene rings is 2. The lowest BCUT2D eigenvalue weighted by atomic mass is 10.1. The summed E-state index contributed by atoms with van der Waals surface area (Å²) in [5.41, 5.74) is 3.63. The van der Waals surface area contributed by atoms with E-state index in [1.807, 2.05) is 72.5 Å². The van der Waals surface area contributed by atoms with Crippen LogP contribution in [-0.2, 0) is 6.42 Å². The lowest BCUT2D eigenvalue weighted by Gasteiger charge is -2.23. The number of amides is 1. The monoisotopic (exact) mass is 316 g/mol. The molecule has 3 heteroatoms. The highest BCUT2D eigenvalue weighted by Crippen LogP contribution is 2.17. The van der Waals surface area contributed by atoms with Crippen LogP contribution >= 0.6 is 0 Å². The lowest BCUT2D eigenvalue weighted by Crippen LogP contribution is -2.33. The molecule has 0 bridgehead atoms. The van der Waals surface area contributed by atoms with Crippen molar-refractivity contribution in [3.05, 3.63) is 95.8 Å². The number of anilines is 1. The van der Waals surface area contributed by atoms with Crippen molar-refractivity contribution in [1.29, 1.82) is 0 Å². The molecule has 1 aromatic heterocycles. The summed E-state index contributed by atoms with van der Waals surface area (Å²) in [4.78, 5) is 19.0. The number of para-hydroxylation sites is 1. The SMILES string of the molecule is Cc1ccc(C(=O)N(CCc2ccccc2)c2ccccc2)cn1. The van der Waals surface area contributed by atoms with Gasteiger partial charge < -0.3 is 4.90 Å². The molecule has 2 aromatic carbocycles. The van der Waals surface area contributed by atoms with E-state index >= 15 is 0 Å². The minimum Gasteiger partial charge on any atom is -0.308 e. The fourth-order valence-corrected chi connectivity index (χ4v) is 2.59. The van der Waals surface area contributed by atoms with Gasteiger partial charge in [-0.2, -0.15) is 0 Å². The standard InChI is InChI=1S/C21H20N2O/c1-17-12-13-19(16-22-17)21(24)23(20-10-6-3-7-11-20)15-14-18-8-4-2-5-9-18/h2-13,16H,14-15H2,1H3. The number of nitrogens with zero attached hydrogens (tertiary/aromatic N) is 2. The topological polar surface area (TPSA) is 33.2 Å². The molecule has 0 saturated carbocycles. The fourth-order valence-electron chi connectivity index (χ4n) is 2.59. The summed E-state index contributed by atoms with van der Waals surface area (Å²) in [7, 11) is 0. The van der Waals surface area contributed by atoms with E-state index in [0.29, 0.717) is 12.1 Å². The van der Waals surface area contributed by atoms with Crippen LogP contribution in [0, 0.1) is 6.92 Å². The van der Waals surface area contributed by atoms with E-state index in [1.165, 1.54) is 5.56 Å². The third-order valence-corrected chi connectivity index (χ3v) is 3.94. The maximum atomic E-state index is 13.0. The third kappa shape index (κ3) is 3.87. The molecular formula is C21H20N2O. The quantitative estimate of drug-likeness (QED) is 0.704. The zero-order valence-corrected chi connectivity index (χ0v) is 13.7. The average molecular weight is 316 g/mol. The van der Waals surface area contributed by atoms with Crippen LogP contribution in [0.25, 0.3) is 0 Å². The van der Waals surface area contributed by atoms with E-state index in [4.69, 9.17) is 0 Å². The molecular weight excluding hydrogens is 296 g/mol. The number of carbonyl (C=O) groups excluding carboxylic acids is 1. The first kappa shape index (κ1) is 15.9. The largest absolute Gasteiger partial charge is 0.308 e. The summed E-state index contributed by atoms with van der Waals surface area (Å²) < 4.78 is 0. The molecule has 3 rings (SSSR count). The van der Waals surface area contributed by atoms with Crippen LogP contribution in [0.3, 0.4) is 0 Å². The number of hydrogen-bond acceptors (Lipinski definition) is 2. The van der Waals surface area contributed by atoms with Gasteiger partial charge in [0.15, 0.2) is 0 Å². The number of pyridine rings is 1. The van der Waals surface area contributed by atoms with Gasteiger partial charge in [-0.05, 0) is 43.2 Å². The summed E-state index contributed by atoms with van der Waals surface area (Å²) in [6.45, 7) is 2.54. The zero-order valence-electron chi connectivity index (χ0n) is 13.7. The Hall–Kier alpha value is -2.94. The second kappa shape index (κ2) is 7.55. The number of rotatable bonds is 5. The Morgan fingerprint density at radius 3 is 2.21 bits per heavy atom. The molecule has 0 saturated heterocycles. The van der Waals surface area contributed by atoms with Gasteiger partial charge in [0.05, 0.1) is 5.56 Å². The van der Waals surface area contributed by atoms with Gasteiger partial charge in [0.2, 0.25) is 0 Å². The minimum absolute atomic E-state index is 0.0235. The highest BCUT2D eigenvalue weighted by molar-refractivity contribution is 6.05. The van der Waals surface area contributed by atoms with Crippen molar-refractivity contribution in [2.45, 2.75) is 13.3 Å². The van der Waals surface area contributed by atoms with Crippen molar-refractivity contribution in [3.8, 4) is 0 Å². The number of aryl methyl sites for hydroxylation is 1. The van der Waals surface area contributed by atoms with E-state index in [2.05, 4.69) is 17.1 Å². The molecule has 0 aliphatic heterocycles. The highest BCUT2D eigenvalue weighted by Gasteiger charge is 2.17. The van der Waals surface area contributed by atoms with Crippen LogP contribution in [0.15, 0.2) is 79.0 Å². The molecule has 24 heavy (non-hydrogen) atoms. The van der Waals surface area contributed by atoms with Crippen LogP contribution < -0.4 is 4.90 Å². The Morgan fingerprint density at radius 2 is 1.58 bits per heavy atom. The molecule has 0 aliphatic carbocycles. The average Bonchev–Trinajstić information content (AvgIpc) is 2.64. The van der Waals surface area contributed by atoms with Crippen LogP contribution in [-0.4, -0.2) is 17.4 Å². The Kier molecular flexibility index (Phi) is 5.02. The molecule has 0 spiro atoms. The Bertz CT molecular complexity index is 783. The Morgan fingerprint density at radius 1 is 0.917 bits per heavy atom. The van der Waals surface area contributed by atoms with E-state index in [-0.39, 0.29) is 5.91 Å². The first-order chi connectivity index (χ1) is 11.7. The van der Waals surface area contributed by atoms with Gasteiger partial charge in [-0.25, -0.2) is 0 Å². The van der Waals surface area contributed by atoms with Crippen LogP contribution in [0.1, 0.15) is 21.6 Å². The maximum absolute atomic E-state index is 13.0. The van der Waals surface area contributed by atoms with Crippen molar-refractivity contribution < 1.29 is 4.79 Å². The zero-order chi connectivity index (χ0) is 16.8. The van der Waals surface area contributed by atoms with Crippen molar-refractivity contribution in [3.63, 3.8) is 0 Å². The van der Waals surface area contributed by atoms with Crippen LogP contribution in [0.2, 0.25) is 0 Å². The number of aromatic nitrogens is 1. The van der Waals surface area contributed by atoms with Gasteiger partial charge in [-0.3, -0.25) is 9.78 Å². The minimum atomic E-state index is -0.0235. The third-order valence-electron chi connectivity index (χ3n) is 3.94. The first-order valence-electron chi connectivity index (χ1n) is 8.07. The predicted octanol–water partition coefficient (Wildman–Crippen LogP) is 4.28. The van der Waals surface area contributed by atoms with E-state index in [1.54, 1.807) is 6.20 Å².